The van der Waals surface area contributed by atoms with Crippen LogP contribution in [0.3, 0.4) is 0 Å². The highest BCUT2D eigenvalue weighted by atomic mass is 32.2. The molecule has 8 nitrogen and oxygen atoms in total. The van der Waals surface area contributed by atoms with Gasteiger partial charge < -0.3 is 23.8 Å². The predicted molar refractivity (Wildman–Crippen MR) is 113 cm³/mol. The third-order valence-corrected chi connectivity index (χ3v) is 6.33. The molecule has 1 N–H and O–H groups in total. The molecule has 12 heteroatoms. The van der Waals surface area contributed by atoms with E-state index in [2.05, 4.69) is 14.8 Å². The van der Waals surface area contributed by atoms with Gasteiger partial charge in [0, 0.05) is 12.6 Å². The minimum Gasteiger partial charge on any atom is -0.482 e. The Morgan fingerprint density at radius 1 is 1.24 bits per heavy atom. The molecule has 0 aromatic heterocycles. The monoisotopic (exact) mass is 490 g/mol. The summed E-state index contributed by atoms with van der Waals surface area (Å²) in [6.45, 7) is 1.66. The van der Waals surface area contributed by atoms with Crippen LogP contribution in [0.1, 0.15) is 12.5 Å². The fourth-order valence-electron chi connectivity index (χ4n) is 3.62. The lowest BCUT2D eigenvalue weighted by Crippen LogP contribution is -2.47. The average molecular weight is 491 g/mol. The molecule has 3 rings (SSSR count). The van der Waals surface area contributed by atoms with Crippen LogP contribution in [0.25, 0.3) is 0 Å². The summed E-state index contributed by atoms with van der Waals surface area (Å²) in [5, 5.41) is 2.52. The van der Waals surface area contributed by atoms with E-state index in [1.165, 1.54) is 24.5 Å². The molecule has 182 valence electrons. The number of hydrogen-bond acceptors (Lipinski definition) is 9. The summed E-state index contributed by atoms with van der Waals surface area (Å²) >= 11 is 0.672. The first-order valence-electron chi connectivity index (χ1n) is 10.1. The molecule has 0 amide bonds. The number of carbonyl (C=O) groups excluding carboxylic acids is 2. The van der Waals surface area contributed by atoms with Crippen LogP contribution in [-0.2, 0) is 30.2 Å². The van der Waals surface area contributed by atoms with E-state index < -0.39 is 41.9 Å². The van der Waals surface area contributed by atoms with Crippen LogP contribution < -0.4 is 10.1 Å². The topological polar surface area (TPSA) is 86.3 Å². The molecule has 0 bridgehead atoms. The second-order valence-electron chi connectivity index (χ2n) is 7.48. The van der Waals surface area contributed by atoms with E-state index in [0.29, 0.717) is 29.6 Å². The van der Waals surface area contributed by atoms with Crippen LogP contribution in [0, 0.1) is 0 Å². The Morgan fingerprint density at radius 3 is 2.55 bits per heavy atom. The Morgan fingerprint density at radius 2 is 1.94 bits per heavy atom. The second-order valence-corrected chi connectivity index (χ2v) is 8.43. The van der Waals surface area contributed by atoms with Crippen molar-refractivity contribution in [3.63, 3.8) is 0 Å². The Balaban J connectivity index is 1.70. The molecule has 0 radical (unpaired) electrons. The van der Waals surface area contributed by atoms with Gasteiger partial charge in [-0.05, 0) is 36.4 Å². The standard InChI is InChI=1S/C21H25F3N2O6S/c1-12(8-13-4-6-14(7-5-13)31-10-17(27)29-2)26-15(11-33-20(26)21(22,23)24)16-9-25-18(32-16)19(28)30-3/h4-7,11-12,16,18,20,25H,8-10H2,1-3H3. The zero-order chi connectivity index (χ0) is 24.2. The van der Waals surface area contributed by atoms with Crippen LogP contribution in [0.2, 0.25) is 0 Å². The van der Waals surface area contributed by atoms with E-state index in [1.807, 2.05) is 0 Å². The smallest absolute Gasteiger partial charge is 0.418 e. The van der Waals surface area contributed by atoms with Crippen molar-refractivity contribution in [1.29, 1.82) is 0 Å². The van der Waals surface area contributed by atoms with Gasteiger partial charge in [0.2, 0.25) is 6.23 Å². The van der Waals surface area contributed by atoms with Crippen LogP contribution in [0.15, 0.2) is 35.4 Å². The Hall–Kier alpha value is -2.44. The second kappa shape index (κ2) is 10.7. The number of alkyl halides is 3. The molecule has 33 heavy (non-hydrogen) atoms. The maximum Gasteiger partial charge on any atom is 0.418 e. The van der Waals surface area contributed by atoms with Gasteiger partial charge in [0.25, 0.3) is 0 Å². The van der Waals surface area contributed by atoms with Crippen LogP contribution in [0.5, 0.6) is 5.75 Å². The molecular formula is C21H25F3N2O6S. The highest BCUT2D eigenvalue weighted by molar-refractivity contribution is 8.03. The fraction of sp³-hybridized carbons (Fsp3) is 0.524. The Kier molecular flexibility index (Phi) is 8.14. The van der Waals surface area contributed by atoms with Crippen molar-refractivity contribution in [2.24, 2.45) is 0 Å². The van der Waals surface area contributed by atoms with E-state index in [-0.39, 0.29) is 13.2 Å². The Bertz CT molecular complexity index is 880. The highest BCUT2D eigenvalue weighted by Gasteiger charge is 2.51. The summed E-state index contributed by atoms with van der Waals surface area (Å²) in [6, 6.07) is 6.23. The lowest BCUT2D eigenvalue weighted by molar-refractivity contribution is -0.161. The molecule has 0 aliphatic carbocycles. The van der Waals surface area contributed by atoms with Crippen LogP contribution in [-0.4, -0.2) is 74.1 Å². The summed E-state index contributed by atoms with van der Waals surface area (Å²) in [7, 11) is 2.47. The number of nitrogens with zero attached hydrogens (tertiary/aromatic N) is 1. The van der Waals surface area contributed by atoms with Crippen molar-refractivity contribution in [3.05, 3.63) is 40.9 Å². The first kappa shape index (κ1) is 25.2. The van der Waals surface area contributed by atoms with Crippen molar-refractivity contribution in [2.45, 2.75) is 43.3 Å². The van der Waals surface area contributed by atoms with Gasteiger partial charge in [0.05, 0.1) is 19.9 Å². The molecule has 2 heterocycles. The molecule has 0 saturated carbocycles. The maximum absolute atomic E-state index is 13.8. The highest BCUT2D eigenvalue weighted by Crippen LogP contribution is 2.44. The quantitative estimate of drug-likeness (QED) is 0.552. The van der Waals surface area contributed by atoms with Crippen molar-refractivity contribution in [1.82, 2.24) is 10.2 Å². The lowest BCUT2D eigenvalue weighted by atomic mass is 10.0. The van der Waals surface area contributed by atoms with E-state index in [1.54, 1.807) is 31.2 Å². The minimum absolute atomic E-state index is 0.187. The number of carbonyl (C=O) groups is 2. The van der Waals surface area contributed by atoms with E-state index in [4.69, 9.17) is 9.47 Å². The molecule has 4 unspecified atom stereocenters. The third-order valence-electron chi connectivity index (χ3n) is 5.20. The van der Waals surface area contributed by atoms with E-state index in [9.17, 15) is 22.8 Å². The maximum atomic E-state index is 13.8. The molecule has 1 fully saturated rings. The number of nitrogens with one attached hydrogen (secondary N) is 1. The average Bonchev–Trinajstić information content (AvgIpc) is 3.45. The molecule has 2 aliphatic rings. The van der Waals surface area contributed by atoms with Gasteiger partial charge in [0.15, 0.2) is 12.0 Å². The van der Waals surface area contributed by atoms with Gasteiger partial charge in [-0.25, -0.2) is 9.59 Å². The fourth-order valence-corrected chi connectivity index (χ4v) is 4.77. The molecular weight excluding hydrogens is 465 g/mol. The van der Waals surface area contributed by atoms with Crippen molar-refractivity contribution < 1.29 is 41.7 Å². The number of hydrogen-bond donors (Lipinski definition) is 1. The van der Waals surface area contributed by atoms with E-state index in [0.717, 1.165) is 5.56 Å². The molecule has 0 spiro atoms. The van der Waals surface area contributed by atoms with Crippen molar-refractivity contribution in [2.75, 3.05) is 27.4 Å². The summed E-state index contributed by atoms with van der Waals surface area (Å²) < 4.78 is 61.4. The molecule has 1 saturated heterocycles. The zero-order valence-corrected chi connectivity index (χ0v) is 19.1. The van der Waals surface area contributed by atoms with Gasteiger partial charge in [-0.3, -0.25) is 5.32 Å². The normalized spacial score (nSPS) is 23.8. The predicted octanol–water partition coefficient (Wildman–Crippen LogP) is 2.44. The summed E-state index contributed by atoms with van der Waals surface area (Å²) in [5.74, 6) is -0.707. The van der Waals surface area contributed by atoms with Gasteiger partial charge in [0.1, 0.15) is 11.9 Å². The van der Waals surface area contributed by atoms with Gasteiger partial charge in [-0.15, -0.1) is 0 Å². The van der Waals surface area contributed by atoms with Gasteiger partial charge in [-0.2, -0.15) is 13.2 Å². The van der Waals surface area contributed by atoms with Crippen LogP contribution in [0.4, 0.5) is 13.2 Å². The van der Waals surface area contributed by atoms with Crippen molar-refractivity contribution in [3.8, 4) is 5.75 Å². The number of methoxy groups -OCH3 is 2. The number of ether oxygens (including phenoxy) is 4. The number of thioether (sulfide) groups is 1. The van der Waals surface area contributed by atoms with Crippen LogP contribution >= 0.6 is 11.8 Å². The molecule has 1 aromatic rings. The van der Waals surface area contributed by atoms with Crippen molar-refractivity contribution >= 4 is 23.7 Å². The number of halogens is 3. The third kappa shape index (κ3) is 6.12. The minimum atomic E-state index is -4.46. The summed E-state index contributed by atoms with van der Waals surface area (Å²) in [5.41, 5.74) is 1.16. The summed E-state index contributed by atoms with van der Waals surface area (Å²) in [6.07, 6.45) is -5.88. The largest absolute Gasteiger partial charge is 0.482 e. The first-order chi connectivity index (χ1) is 15.6. The Labute approximate surface area is 193 Å². The summed E-state index contributed by atoms with van der Waals surface area (Å²) in [4.78, 5) is 24.2. The van der Waals surface area contributed by atoms with E-state index >= 15 is 0 Å². The lowest BCUT2D eigenvalue weighted by Gasteiger charge is -2.37. The van der Waals surface area contributed by atoms with Gasteiger partial charge in [-0.1, -0.05) is 23.9 Å². The first-order valence-corrected chi connectivity index (χ1v) is 11.0. The SMILES string of the molecule is COC(=O)COc1ccc(CC(C)N2C(C3CNC(C(=O)OC)O3)=CSC2C(F)(F)F)cc1. The number of benzene rings is 1. The zero-order valence-electron chi connectivity index (χ0n) is 18.3. The number of esters is 2. The molecule has 1 aromatic carbocycles. The number of rotatable bonds is 8. The van der Waals surface area contributed by atoms with Gasteiger partial charge >= 0.3 is 18.1 Å². The molecule has 4 atom stereocenters. The molecule has 2 aliphatic heterocycles.